The van der Waals surface area contributed by atoms with E-state index in [1.807, 2.05) is 12.1 Å². The zero-order valence-corrected chi connectivity index (χ0v) is 18.0. The molecule has 0 bridgehead atoms. The molecule has 0 aliphatic carbocycles. The molecule has 32 heavy (non-hydrogen) atoms. The first-order valence-electron chi connectivity index (χ1n) is 11.0. The summed E-state index contributed by atoms with van der Waals surface area (Å²) < 4.78 is 22.0. The van der Waals surface area contributed by atoms with Crippen molar-refractivity contribution in [1.29, 1.82) is 0 Å². The van der Waals surface area contributed by atoms with Crippen LogP contribution in [0.25, 0.3) is 5.69 Å². The number of aliphatic hydroxyl groups excluding tert-OH is 1. The summed E-state index contributed by atoms with van der Waals surface area (Å²) in [4.78, 5) is 14.9. The Morgan fingerprint density at radius 2 is 2.09 bits per heavy atom. The van der Waals surface area contributed by atoms with Crippen molar-refractivity contribution >= 4 is 5.91 Å². The molecule has 6 nitrogen and oxygen atoms in total. The summed E-state index contributed by atoms with van der Waals surface area (Å²) >= 11 is 0. The van der Waals surface area contributed by atoms with Crippen LogP contribution in [0.1, 0.15) is 46.0 Å². The first-order valence-corrected chi connectivity index (χ1v) is 11.0. The summed E-state index contributed by atoms with van der Waals surface area (Å²) in [5.74, 6) is -0.385. The minimum absolute atomic E-state index is 0.0899. The highest BCUT2D eigenvalue weighted by atomic mass is 19.1. The number of halogens is 1. The van der Waals surface area contributed by atoms with Crippen molar-refractivity contribution in [2.24, 2.45) is 0 Å². The van der Waals surface area contributed by atoms with Gasteiger partial charge in [0.25, 0.3) is 5.91 Å². The number of carbonyl (C=O) groups excluding carboxylic acids is 1. The Morgan fingerprint density at radius 1 is 1.22 bits per heavy atom. The number of aromatic nitrogens is 2. The quantitative estimate of drug-likeness (QED) is 0.668. The van der Waals surface area contributed by atoms with E-state index >= 15 is 0 Å². The fraction of sp³-hybridized carbons (Fsp3) is 0.360. The van der Waals surface area contributed by atoms with Gasteiger partial charge in [-0.3, -0.25) is 4.79 Å². The van der Waals surface area contributed by atoms with Gasteiger partial charge in [-0.1, -0.05) is 19.1 Å². The van der Waals surface area contributed by atoms with Gasteiger partial charge in [0.05, 0.1) is 24.4 Å². The van der Waals surface area contributed by atoms with E-state index in [2.05, 4.69) is 18.1 Å². The maximum Gasteiger partial charge on any atom is 0.254 e. The number of carbonyl (C=O) groups is 1. The molecule has 166 valence electrons. The third kappa shape index (κ3) is 3.72. The first kappa shape index (κ1) is 20.8. The summed E-state index contributed by atoms with van der Waals surface area (Å²) in [6, 6.07) is 10.6. The zero-order chi connectivity index (χ0) is 22.2. The summed E-state index contributed by atoms with van der Waals surface area (Å²) in [6.07, 6.45) is 4.58. The second-order valence-electron chi connectivity index (χ2n) is 8.47. The van der Waals surface area contributed by atoms with Crippen molar-refractivity contribution in [3.05, 3.63) is 82.4 Å². The SMILES string of the molecule is CCc1cc2c(cc1Cc1ccc(-n3cccn3)cc1F)C(=O)N([C@H]1COCC[C@@H]1O)C2. The topological polar surface area (TPSA) is 67.6 Å². The minimum Gasteiger partial charge on any atom is -0.391 e. The normalized spacial score (nSPS) is 20.6. The Kier molecular flexibility index (Phi) is 5.53. The summed E-state index contributed by atoms with van der Waals surface area (Å²) in [5, 5.41) is 14.5. The van der Waals surface area contributed by atoms with Gasteiger partial charge in [-0.15, -0.1) is 0 Å². The van der Waals surface area contributed by atoms with Crippen LogP contribution in [0.4, 0.5) is 4.39 Å². The van der Waals surface area contributed by atoms with Crippen molar-refractivity contribution in [2.45, 2.75) is 44.9 Å². The largest absolute Gasteiger partial charge is 0.391 e. The molecule has 7 heteroatoms. The fourth-order valence-electron chi connectivity index (χ4n) is 4.70. The molecule has 1 saturated heterocycles. The number of benzene rings is 2. The maximum absolute atomic E-state index is 14.9. The number of aliphatic hydroxyl groups is 1. The van der Waals surface area contributed by atoms with E-state index in [1.54, 1.807) is 34.1 Å². The first-order chi connectivity index (χ1) is 15.5. The van der Waals surface area contributed by atoms with E-state index < -0.39 is 6.10 Å². The van der Waals surface area contributed by atoms with Gasteiger partial charge in [-0.25, -0.2) is 9.07 Å². The molecule has 3 aromatic rings. The Bertz CT molecular complexity index is 1150. The highest BCUT2D eigenvalue weighted by molar-refractivity contribution is 5.99. The monoisotopic (exact) mass is 435 g/mol. The van der Waals surface area contributed by atoms with E-state index in [-0.39, 0.29) is 17.8 Å². The lowest BCUT2D eigenvalue weighted by Gasteiger charge is -2.34. The Hall–Kier alpha value is -3.03. The second kappa shape index (κ2) is 8.48. The molecule has 2 aliphatic rings. The van der Waals surface area contributed by atoms with Gasteiger partial charge in [-0.2, -0.15) is 5.10 Å². The molecule has 2 aromatic carbocycles. The molecule has 5 rings (SSSR count). The number of fused-ring (bicyclic) bond motifs is 1. The van der Waals surface area contributed by atoms with Crippen molar-refractivity contribution in [2.75, 3.05) is 13.2 Å². The number of rotatable bonds is 5. The van der Waals surface area contributed by atoms with E-state index in [0.29, 0.717) is 49.4 Å². The van der Waals surface area contributed by atoms with Crippen molar-refractivity contribution in [1.82, 2.24) is 14.7 Å². The number of amides is 1. The Morgan fingerprint density at radius 3 is 2.81 bits per heavy atom. The second-order valence-corrected chi connectivity index (χ2v) is 8.47. The van der Waals surface area contributed by atoms with Crippen molar-refractivity contribution < 1.29 is 19.0 Å². The smallest absolute Gasteiger partial charge is 0.254 e. The lowest BCUT2D eigenvalue weighted by atomic mass is 9.93. The van der Waals surface area contributed by atoms with Crippen LogP contribution in [0.5, 0.6) is 0 Å². The molecule has 2 aliphatic heterocycles. The van der Waals surface area contributed by atoms with Crippen molar-refractivity contribution in [3.63, 3.8) is 0 Å². The Balaban J connectivity index is 1.43. The van der Waals surface area contributed by atoms with Crippen LogP contribution in [-0.2, 0) is 24.1 Å². The summed E-state index contributed by atoms with van der Waals surface area (Å²) in [6.45, 7) is 3.40. The van der Waals surface area contributed by atoms with Crippen molar-refractivity contribution in [3.8, 4) is 5.69 Å². The van der Waals surface area contributed by atoms with Crippen LogP contribution >= 0.6 is 0 Å². The van der Waals surface area contributed by atoms with E-state index in [4.69, 9.17) is 4.74 Å². The van der Waals surface area contributed by atoms with E-state index in [0.717, 1.165) is 23.1 Å². The molecular weight excluding hydrogens is 409 g/mol. The number of hydrogen-bond acceptors (Lipinski definition) is 4. The zero-order valence-electron chi connectivity index (χ0n) is 18.0. The lowest BCUT2D eigenvalue weighted by Crippen LogP contribution is -2.49. The molecular formula is C25H26FN3O3. The average molecular weight is 435 g/mol. The van der Waals surface area contributed by atoms with E-state index in [9.17, 15) is 14.3 Å². The molecule has 0 spiro atoms. The molecule has 1 amide bonds. The number of aryl methyl sites for hydroxylation is 1. The van der Waals surface area contributed by atoms with Gasteiger partial charge < -0.3 is 14.7 Å². The fourth-order valence-corrected chi connectivity index (χ4v) is 4.70. The van der Waals surface area contributed by atoms with Crippen LogP contribution in [0.15, 0.2) is 48.8 Å². The average Bonchev–Trinajstić information content (AvgIpc) is 3.44. The molecule has 1 fully saturated rings. The number of ether oxygens (including phenoxy) is 1. The van der Waals surface area contributed by atoms with Gasteiger partial charge in [0.15, 0.2) is 0 Å². The van der Waals surface area contributed by atoms with Crippen LogP contribution in [0.3, 0.4) is 0 Å². The van der Waals surface area contributed by atoms with Gasteiger partial charge >= 0.3 is 0 Å². The van der Waals surface area contributed by atoms with Crippen LogP contribution in [-0.4, -0.2) is 51.1 Å². The molecule has 3 heterocycles. The van der Waals surface area contributed by atoms with E-state index in [1.165, 1.54) is 6.07 Å². The third-order valence-corrected chi connectivity index (χ3v) is 6.52. The standard InChI is InChI=1S/C25H26FN3O3/c1-2-16-10-19-14-28(23-15-32-9-6-24(23)30)25(31)21(19)12-18(16)11-17-4-5-20(13-22(17)26)29-8-3-7-27-29/h3-5,7-8,10,12-13,23-24,30H,2,6,9,11,14-15H2,1H3/t23-,24-/m0/s1. The minimum atomic E-state index is -0.575. The maximum atomic E-state index is 14.9. The van der Waals surface area contributed by atoms with Gasteiger partial charge in [0.2, 0.25) is 0 Å². The molecule has 2 atom stereocenters. The predicted molar refractivity (Wildman–Crippen MR) is 117 cm³/mol. The summed E-state index contributed by atoms with van der Waals surface area (Å²) in [7, 11) is 0. The molecule has 0 saturated carbocycles. The highest BCUT2D eigenvalue weighted by Gasteiger charge is 2.38. The van der Waals surface area contributed by atoms with Crippen LogP contribution < -0.4 is 0 Å². The molecule has 0 unspecified atom stereocenters. The Labute approximate surface area is 186 Å². The molecule has 1 N–H and O–H groups in total. The number of hydrogen-bond donors (Lipinski definition) is 1. The molecule has 1 aromatic heterocycles. The lowest BCUT2D eigenvalue weighted by molar-refractivity contribution is -0.0528. The van der Waals surface area contributed by atoms with Gasteiger partial charge in [-0.05, 0) is 59.4 Å². The number of nitrogens with zero attached hydrogens (tertiary/aromatic N) is 3. The third-order valence-electron chi connectivity index (χ3n) is 6.52. The molecule has 0 radical (unpaired) electrons. The van der Waals surface area contributed by atoms with Gasteiger partial charge in [0, 0.05) is 37.5 Å². The highest BCUT2D eigenvalue weighted by Crippen LogP contribution is 2.31. The van der Waals surface area contributed by atoms with Crippen LogP contribution in [0.2, 0.25) is 0 Å². The summed E-state index contributed by atoms with van der Waals surface area (Å²) in [5.41, 5.74) is 4.91. The predicted octanol–water partition coefficient (Wildman–Crippen LogP) is 3.27. The van der Waals surface area contributed by atoms with Crippen LogP contribution in [0, 0.1) is 5.82 Å². The van der Waals surface area contributed by atoms with Gasteiger partial charge in [0.1, 0.15) is 5.82 Å².